The highest BCUT2D eigenvalue weighted by Crippen LogP contribution is 2.33. The number of nitrogens with one attached hydrogen (secondary N) is 2. The van der Waals surface area contributed by atoms with Crippen molar-refractivity contribution in [2.75, 3.05) is 6.54 Å². The molecule has 1 saturated carbocycles. The average Bonchev–Trinajstić information content (AvgIpc) is 3.17. The van der Waals surface area contributed by atoms with Gasteiger partial charge in [0, 0.05) is 12.1 Å². The summed E-state index contributed by atoms with van der Waals surface area (Å²) in [6, 6.07) is 0.960. The molecule has 104 valence electrons. The number of rotatable bonds is 4. The van der Waals surface area contributed by atoms with Crippen LogP contribution in [0, 0.1) is 0 Å². The van der Waals surface area contributed by atoms with Crippen LogP contribution in [-0.4, -0.2) is 39.5 Å². The van der Waals surface area contributed by atoms with Crippen molar-refractivity contribution >= 4 is 5.91 Å². The number of amides is 1. The maximum absolute atomic E-state index is 12.1. The first-order valence-electron chi connectivity index (χ1n) is 7.20. The average molecular weight is 263 g/mol. The zero-order valence-corrected chi connectivity index (χ0v) is 11.3. The highest BCUT2D eigenvalue weighted by molar-refractivity contribution is 5.92. The van der Waals surface area contributed by atoms with E-state index in [1.165, 1.54) is 12.8 Å². The molecule has 1 saturated heterocycles. The van der Waals surface area contributed by atoms with Crippen molar-refractivity contribution in [3.8, 4) is 0 Å². The van der Waals surface area contributed by atoms with E-state index in [1.807, 2.05) is 6.92 Å². The lowest BCUT2D eigenvalue weighted by Gasteiger charge is -2.29. The number of nitrogens with zero attached hydrogens (tertiary/aromatic N) is 3. The van der Waals surface area contributed by atoms with E-state index in [2.05, 4.69) is 20.9 Å². The molecule has 2 fully saturated rings. The standard InChI is InChI=1S/C13H21N5O/c1-9(11-4-2-3-7-14-11)15-13(19)12-8-18(17-16-12)10-5-6-10/h8-11,14H,2-7H2,1H3,(H,15,19). The number of carbonyl (C=O) groups excluding carboxylic acids is 1. The lowest BCUT2D eigenvalue weighted by atomic mass is 9.99. The Labute approximate surface area is 112 Å². The molecule has 19 heavy (non-hydrogen) atoms. The van der Waals surface area contributed by atoms with Gasteiger partial charge in [0.2, 0.25) is 0 Å². The summed E-state index contributed by atoms with van der Waals surface area (Å²) in [5, 5.41) is 14.4. The van der Waals surface area contributed by atoms with Crippen LogP contribution in [0.15, 0.2) is 6.20 Å². The molecule has 2 aliphatic rings. The summed E-state index contributed by atoms with van der Waals surface area (Å²) in [4.78, 5) is 12.1. The van der Waals surface area contributed by atoms with E-state index in [0.717, 1.165) is 25.8 Å². The summed E-state index contributed by atoms with van der Waals surface area (Å²) in [5.74, 6) is -0.119. The Morgan fingerprint density at radius 1 is 1.47 bits per heavy atom. The van der Waals surface area contributed by atoms with Crippen molar-refractivity contribution in [2.24, 2.45) is 0 Å². The minimum absolute atomic E-state index is 0.119. The van der Waals surface area contributed by atoms with Crippen LogP contribution >= 0.6 is 0 Å². The smallest absolute Gasteiger partial charge is 0.273 e. The Hall–Kier alpha value is -1.43. The predicted molar refractivity (Wildman–Crippen MR) is 70.9 cm³/mol. The van der Waals surface area contributed by atoms with Gasteiger partial charge in [-0.1, -0.05) is 11.6 Å². The number of aromatic nitrogens is 3. The largest absolute Gasteiger partial charge is 0.347 e. The van der Waals surface area contributed by atoms with Gasteiger partial charge in [-0.2, -0.15) is 0 Å². The molecular formula is C13H21N5O. The topological polar surface area (TPSA) is 71.8 Å². The molecule has 1 aliphatic heterocycles. The summed E-state index contributed by atoms with van der Waals surface area (Å²) >= 11 is 0. The molecular weight excluding hydrogens is 242 g/mol. The molecule has 0 aromatic carbocycles. The Morgan fingerprint density at radius 2 is 2.32 bits per heavy atom. The first-order chi connectivity index (χ1) is 9.24. The van der Waals surface area contributed by atoms with E-state index in [9.17, 15) is 4.79 Å². The highest BCUT2D eigenvalue weighted by Gasteiger charge is 2.27. The van der Waals surface area contributed by atoms with Crippen LogP contribution in [0.25, 0.3) is 0 Å². The van der Waals surface area contributed by atoms with Crippen LogP contribution in [0.1, 0.15) is 55.6 Å². The van der Waals surface area contributed by atoms with Gasteiger partial charge >= 0.3 is 0 Å². The van der Waals surface area contributed by atoms with Crippen LogP contribution in [0.4, 0.5) is 0 Å². The minimum Gasteiger partial charge on any atom is -0.347 e. The van der Waals surface area contributed by atoms with Gasteiger partial charge < -0.3 is 10.6 Å². The van der Waals surface area contributed by atoms with Gasteiger partial charge in [-0.25, -0.2) is 4.68 Å². The molecule has 1 aliphatic carbocycles. The number of piperidine rings is 1. The summed E-state index contributed by atoms with van der Waals surface area (Å²) in [6.45, 7) is 3.09. The van der Waals surface area contributed by atoms with Gasteiger partial charge in [0.1, 0.15) is 0 Å². The molecule has 0 radical (unpaired) electrons. The van der Waals surface area contributed by atoms with E-state index in [4.69, 9.17) is 0 Å². The first kappa shape index (κ1) is 12.6. The summed E-state index contributed by atoms with van der Waals surface area (Å²) in [5.41, 5.74) is 0.426. The molecule has 3 rings (SSSR count). The van der Waals surface area contributed by atoms with Crippen molar-refractivity contribution in [3.05, 3.63) is 11.9 Å². The van der Waals surface area contributed by atoms with Crippen molar-refractivity contribution in [1.82, 2.24) is 25.6 Å². The van der Waals surface area contributed by atoms with Gasteiger partial charge in [0.15, 0.2) is 5.69 Å². The molecule has 6 heteroatoms. The van der Waals surface area contributed by atoms with Crippen molar-refractivity contribution < 1.29 is 4.79 Å². The van der Waals surface area contributed by atoms with Crippen LogP contribution in [0.5, 0.6) is 0 Å². The second-order valence-corrected chi connectivity index (χ2v) is 5.63. The molecule has 2 atom stereocenters. The molecule has 2 unspecified atom stereocenters. The molecule has 1 aromatic rings. The third-order valence-corrected chi connectivity index (χ3v) is 3.97. The van der Waals surface area contributed by atoms with Crippen LogP contribution in [0.3, 0.4) is 0 Å². The summed E-state index contributed by atoms with van der Waals surface area (Å²) < 4.78 is 1.80. The molecule has 0 spiro atoms. The maximum atomic E-state index is 12.1. The zero-order chi connectivity index (χ0) is 13.2. The third kappa shape index (κ3) is 2.94. The molecule has 2 N–H and O–H groups in total. The Morgan fingerprint density at radius 3 is 3.00 bits per heavy atom. The molecule has 1 aromatic heterocycles. The number of hydrogen-bond acceptors (Lipinski definition) is 4. The van der Waals surface area contributed by atoms with Crippen molar-refractivity contribution in [1.29, 1.82) is 0 Å². The van der Waals surface area contributed by atoms with Gasteiger partial charge in [-0.3, -0.25) is 4.79 Å². The predicted octanol–water partition coefficient (Wildman–Crippen LogP) is 0.873. The number of hydrogen-bond donors (Lipinski definition) is 2. The van der Waals surface area contributed by atoms with Gasteiger partial charge in [-0.15, -0.1) is 5.10 Å². The van der Waals surface area contributed by atoms with Crippen LogP contribution in [-0.2, 0) is 0 Å². The van der Waals surface area contributed by atoms with E-state index in [-0.39, 0.29) is 11.9 Å². The lowest BCUT2D eigenvalue weighted by molar-refractivity contribution is 0.0923. The normalized spacial score (nSPS) is 25.0. The van der Waals surface area contributed by atoms with Gasteiger partial charge in [0.25, 0.3) is 5.91 Å². The Kier molecular flexibility index (Phi) is 3.50. The van der Waals surface area contributed by atoms with E-state index in [1.54, 1.807) is 10.9 Å². The number of carbonyl (C=O) groups is 1. The van der Waals surface area contributed by atoms with Crippen molar-refractivity contribution in [2.45, 2.75) is 57.2 Å². The summed E-state index contributed by atoms with van der Waals surface area (Å²) in [6.07, 6.45) is 7.63. The second kappa shape index (κ2) is 5.28. The zero-order valence-electron chi connectivity index (χ0n) is 11.3. The fourth-order valence-corrected chi connectivity index (χ4v) is 2.59. The van der Waals surface area contributed by atoms with Crippen LogP contribution < -0.4 is 10.6 Å². The van der Waals surface area contributed by atoms with E-state index < -0.39 is 0 Å². The first-order valence-corrected chi connectivity index (χ1v) is 7.20. The quantitative estimate of drug-likeness (QED) is 0.845. The lowest BCUT2D eigenvalue weighted by Crippen LogP contribution is -2.50. The highest BCUT2D eigenvalue weighted by atomic mass is 16.2. The SMILES string of the molecule is CC(NC(=O)c1cn(C2CC2)nn1)C1CCCCN1. The summed E-state index contributed by atoms with van der Waals surface area (Å²) in [7, 11) is 0. The monoisotopic (exact) mass is 263 g/mol. The minimum atomic E-state index is -0.119. The van der Waals surface area contributed by atoms with Crippen molar-refractivity contribution in [3.63, 3.8) is 0 Å². The Bertz CT molecular complexity index is 448. The van der Waals surface area contributed by atoms with Gasteiger partial charge in [0.05, 0.1) is 12.2 Å². The fourth-order valence-electron chi connectivity index (χ4n) is 2.59. The van der Waals surface area contributed by atoms with Crippen LogP contribution in [0.2, 0.25) is 0 Å². The van der Waals surface area contributed by atoms with Gasteiger partial charge in [-0.05, 0) is 39.2 Å². The Balaban J connectivity index is 1.56. The third-order valence-electron chi connectivity index (χ3n) is 3.97. The second-order valence-electron chi connectivity index (χ2n) is 5.63. The fraction of sp³-hybridized carbons (Fsp3) is 0.769. The van der Waals surface area contributed by atoms with E-state index >= 15 is 0 Å². The molecule has 1 amide bonds. The molecule has 2 heterocycles. The maximum Gasteiger partial charge on any atom is 0.273 e. The molecule has 6 nitrogen and oxygen atoms in total. The van der Waals surface area contributed by atoms with E-state index in [0.29, 0.717) is 17.8 Å². The molecule has 0 bridgehead atoms.